The third kappa shape index (κ3) is 5.35. The summed E-state index contributed by atoms with van der Waals surface area (Å²) in [6.45, 7) is 12.8. The lowest BCUT2D eigenvalue weighted by molar-refractivity contribution is -0.107. The molecule has 1 aromatic carbocycles. The van der Waals surface area contributed by atoms with Crippen LogP contribution in [0.25, 0.3) is 0 Å². The van der Waals surface area contributed by atoms with Crippen LogP contribution in [0.3, 0.4) is 0 Å². The predicted octanol–water partition coefficient (Wildman–Crippen LogP) is 5.45. The Hall–Kier alpha value is -0.960. The van der Waals surface area contributed by atoms with Crippen molar-refractivity contribution in [1.82, 2.24) is 0 Å². The second-order valence-corrected chi connectivity index (χ2v) is 9.05. The number of carbonyl (C=O) groups is 1. The fourth-order valence-corrected chi connectivity index (χ4v) is 3.34. The molecule has 0 heterocycles. The molecule has 0 unspecified atom stereocenters. The highest BCUT2D eigenvalue weighted by molar-refractivity contribution is 7.99. The van der Waals surface area contributed by atoms with Crippen LogP contribution < -0.4 is 0 Å². The van der Waals surface area contributed by atoms with E-state index in [-0.39, 0.29) is 10.8 Å². The number of rotatable bonds is 6. The largest absolute Gasteiger partial charge is 0.507 e. The third-order valence-electron chi connectivity index (χ3n) is 3.68. The number of benzene rings is 1. The Kier molecular flexibility index (Phi) is 6.54. The van der Waals surface area contributed by atoms with Crippen molar-refractivity contribution in [3.05, 3.63) is 23.3 Å². The van der Waals surface area contributed by atoms with Crippen molar-refractivity contribution in [2.24, 2.45) is 0 Å². The Morgan fingerprint density at radius 1 is 1.00 bits per heavy atom. The number of aromatic hydroxyl groups is 1. The van der Waals surface area contributed by atoms with Gasteiger partial charge in [-0.15, -0.1) is 11.8 Å². The van der Waals surface area contributed by atoms with E-state index < -0.39 is 0 Å². The number of hydrogen-bond donors (Lipinski definition) is 1. The molecular formula is C19H30O2S. The lowest BCUT2D eigenvalue weighted by Crippen LogP contribution is -2.17. The molecule has 22 heavy (non-hydrogen) atoms. The van der Waals surface area contributed by atoms with Gasteiger partial charge in [-0.25, -0.2) is 0 Å². The average Bonchev–Trinajstić information content (AvgIpc) is 2.37. The maximum Gasteiger partial charge on any atom is 0.123 e. The van der Waals surface area contributed by atoms with E-state index in [1.807, 2.05) is 11.8 Å². The minimum atomic E-state index is -0.0851. The van der Waals surface area contributed by atoms with E-state index in [2.05, 4.69) is 53.7 Å². The van der Waals surface area contributed by atoms with E-state index in [9.17, 15) is 9.90 Å². The van der Waals surface area contributed by atoms with Gasteiger partial charge in [0.25, 0.3) is 0 Å². The molecule has 0 saturated carbocycles. The number of phenols is 1. The quantitative estimate of drug-likeness (QED) is 0.430. The molecule has 0 atom stereocenters. The molecule has 0 radical (unpaired) electrons. The van der Waals surface area contributed by atoms with Gasteiger partial charge in [-0.05, 0) is 41.6 Å². The summed E-state index contributed by atoms with van der Waals surface area (Å²) in [7, 11) is 0. The first kappa shape index (κ1) is 19.1. The average molecular weight is 323 g/mol. The van der Waals surface area contributed by atoms with Crippen LogP contribution in [0.5, 0.6) is 5.75 Å². The number of unbranched alkanes of at least 4 members (excludes halogenated alkanes) is 2. The van der Waals surface area contributed by atoms with Gasteiger partial charge in [0.1, 0.15) is 12.0 Å². The fraction of sp³-hybridized carbons (Fsp3) is 0.632. The Labute approximate surface area is 139 Å². The second kappa shape index (κ2) is 7.54. The van der Waals surface area contributed by atoms with Crippen molar-refractivity contribution < 1.29 is 9.90 Å². The van der Waals surface area contributed by atoms with Crippen molar-refractivity contribution in [1.29, 1.82) is 0 Å². The zero-order chi connectivity index (χ0) is 17.0. The van der Waals surface area contributed by atoms with Crippen molar-refractivity contribution >= 4 is 18.0 Å². The third-order valence-corrected chi connectivity index (χ3v) is 4.75. The van der Waals surface area contributed by atoms with Gasteiger partial charge in [-0.1, -0.05) is 41.5 Å². The SMILES string of the molecule is CC(C)(C)c1cc(SCCCCC=O)cc(C(C)(C)C)c1O. The summed E-state index contributed by atoms with van der Waals surface area (Å²) in [6.07, 6.45) is 3.63. The first-order valence-electron chi connectivity index (χ1n) is 8.02. The monoisotopic (exact) mass is 322 g/mol. The molecule has 0 saturated heterocycles. The van der Waals surface area contributed by atoms with Gasteiger partial charge in [0, 0.05) is 22.4 Å². The van der Waals surface area contributed by atoms with Crippen LogP contribution in [0.1, 0.15) is 71.9 Å². The summed E-state index contributed by atoms with van der Waals surface area (Å²) < 4.78 is 0. The van der Waals surface area contributed by atoms with E-state index in [4.69, 9.17) is 0 Å². The molecule has 0 aliphatic rings. The summed E-state index contributed by atoms with van der Waals surface area (Å²) in [6, 6.07) is 4.24. The van der Waals surface area contributed by atoms with E-state index in [0.717, 1.165) is 36.0 Å². The van der Waals surface area contributed by atoms with Gasteiger partial charge in [0.2, 0.25) is 0 Å². The molecule has 1 N–H and O–H groups in total. The molecule has 3 heteroatoms. The fourth-order valence-electron chi connectivity index (χ4n) is 2.35. The Bertz CT molecular complexity index is 472. The summed E-state index contributed by atoms with van der Waals surface area (Å²) in [5.41, 5.74) is 1.85. The molecule has 0 aliphatic heterocycles. The Morgan fingerprint density at radius 2 is 1.50 bits per heavy atom. The van der Waals surface area contributed by atoms with E-state index in [1.165, 1.54) is 4.90 Å². The highest BCUT2D eigenvalue weighted by Gasteiger charge is 2.26. The van der Waals surface area contributed by atoms with Crippen LogP contribution in [0.4, 0.5) is 0 Å². The summed E-state index contributed by atoms with van der Waals surface area (Å²) >= 11 is 1.81. The maximum atomic E-state index is 10.7. The lowest BCUT2D eigenvalue weighted by Gasteiger charge is -2.28. The number of carbonyl (C=O) groups excluding carboxylic acids is 1. The maximum absolute atomic E-state index is 10.7. The van der Waals surface area contributed by atoms with Crippen molar-refractivity contribution in [3.63, 3.8) is 0 Å². The van der Waals surface area contributed by atoms with E-state index >= 15 is 0 Å². The van der Waals surface area contributed by atoms with Crippen LogP contribution >= 0.6 is 11.8 Å². The Morgan fingerprint density at radius 3 is 1.91 bits per heavy atom. The minimum absolute atomic E-state index is 0.0851. The minimum Gasteiger partial charge on any atom is -0.507 e. The zero-order valence-corrected chi connectivity index (χ0v) is 15.6. The lowest BCUT2D eigenvalue weighted by atomic mass is 9.79. The Balaban J connectivity index is 3.05. The number of hydrogen-bond acceptors (Lipinski definition) is 3. The highest BCUT2D eigenvalue weighted by Crippen LogP contribution is 2.41. The van der Waals surface area contributed by atoms with Crippen LogP contribution in [0.2, 0.25) is 0 Å². The van der Waals surface area contributed by atoms with Gasteiger partial charge in [0.05, 0.1) is 0 Å². The standard InChI is InChI=1S/C19H30O2S/c1-18(2,3)15-12-14(22-11-9-7-8-10-20)13-16(17(15)21)19(4,5)6/h10,12-13,21H,7-9,11H2,1-6H3. The molecule has 2 nitrogen and oxygen atoms in total. The summed E-state index contributed by atoms with van der Waals surface area (Å²) in [5.74, 6) is 1.44. The molecule has 1 aromatic rings. The molecule has 0 amide bonds. The topological polar surface area (TPSA) is 37.3 Å². The second-order valence-electron chi connectivity index (χ2n) is 7.88. The van der Waals surface area contributed by atoms with Crippen molar-refractivity contribution in [2.75, 3.05) is 5.75 Å². The van der Waals surface area contributed by atoms with Gasteiger partial charge in [-0.2, -0.15) is 0 Å². The number of aldehydes is 1. The van der Waals surface area contributed by atoms with Gasteiger partial charge < -0.3 is 9.90 Å². The summed E-state index contributed by atoms with van der Waals surface area (Å²) in [5, 5.41) is 10.7. The molecular weight excluding hydrogens is 292 g/mol. The van der Waals surface area contributed by atoms with Crippen molar-refractivity contribution in [2.45, 2.75) is 76.5 Å². The van der Waals surface area contributed by atoms with Crippen LogP contribution in [0.15, 0.2) is 17.0 Å². The molecule has 0 fully saturated rings. The van der Waals surface area contributed by atoms with Crippen molar-refractivity contribution in [3.8, 4) is 5.75 Å². The van der Waals surface area contributed by atoms with Crippen LogP contribution in [-0.2, 0) is 15.6 Å². The highest BCUT2D eigenvalue weighted by atomic mass is 32.2. The van der Waals surface area contributed by atoms with Crippen LogP contribution in [0, 0.1) is 0 Å². The molecule has 0 bridgehead atoms. The normalized spacial score (nSPS) is 12.5. The van der Waals surface area contributed by atoms with Gasteiger partial charge >= 0.3 is 0 Å². The first-order chi connectivity index (χ1) is 10.1. The van der Waals surface area contributed by atoms with E-state index in [1.54, 1.807) is 0 Å². The zero-order valence-electron chi connectivity index (χ0n) is 14.8. The van der Waals surface area contributed by atoms with Gasteiger partial charge in [0.15, 0.2) is 0 Å². The molecule has 1 rings (SSSR count). The molecule has 0 aromatic heterocycles. The molecule has 0 spiro atoms. The number of phenolic OH excluding ortho intramolecular Hbond substituents is 1. The predicted molar refractivity (Wildman–Crippen MR) is 96.1 cm³/mol. The summed E-state index contributed by atoms with van der Waals surface area (Å²) in [4.78, 5) is 11.6. The smallest absolute Gasteiger partial charge is 0.123 e. The molecule has 124 valence electrons. The van der Waals surface area contributed by atoms with E-state index in [0.29, 0.717) is 12.2 Å². The molecule has 0 aliphatic carbocycles. The number of thioether (sulfide) groups is 1. The first-order valence-corrected chi connectivity index (χ1v) is 9.00. The van der Waals surface area contributed by atoms with Crippen LogP contribution in [-0.4, -0.2) is 17.1 Å². The van der Waals surface area contributed by atoms with Gasteiger partial charge in [-0.3, -0.25) is 0 Å².